The molecule has 0 radical (unpaired) electrons. The number of piperidine rings is 2. The Bertz CT molecular complexity index is 2040. The van der Waals surface area contributed by atoms with Crippen LogP contribution >= 0.6 is 0 Å². The molecular formula is C42H53N9O2. The normalized spacial score (nSPS) is 21.0. The van der Waals surface area contributed by atoms with Gasteiger partial charge in [-0.05, 0) is 106 Å². The molecule has 2 fully saturated rings. The standard InChI is InChI=1S/C42H53N9O2/c1-29-12-8-11-25-49(29)41-46-45-38-22-19-32(28-50(38)41)53-36-21-20-35(33-13-6-7-14-34(33)36)43-40(52)44-39-26-37(42(2,3)4)47-51(39)31-17-15-30(16-18-31)27-48-23-9-5-10-24-48/h6-7,13-19,22,26,28-29,35-36H,5,8-12,20-21,23-25,27H2,1-4H3,(H2,43,44,52)/t29-,35-,36+/m0/s1. The first-order valence-electron chi connectivity index (χ1n) is 19.6. The summed E-state index contributed by atoms with van der Waals surface area (Å²) < 4.78 is 10.6. The molecule has 11 heteroatoms. The lowest BCUT2D eigenvalue weighted by Crippen LogP contribution is -2.38. The fourth-order valence-corrected chi connectivity index (χ4v) is 8.17. The topological polar surface area (TPSA) is 105 Å². The van der Waals surface area contributed by atoms with E-state index in [1.165, 1.54) is 31.2 Å². The van der Waals surface area contributed by atoms with Gasteiger partial charge in [-0.3, -0.25) is 14.6 Å². The third-order valence-electron chi connectivity index (χ3n) is 11.2. The van der Waals surface area contributed by atoms with Gasteiger partial charge in [0.1, 0.15) is 17.7 Å². The SMILES string of the molecule is C[C@H]1CCCCN1c1nnc2ccc(O[C@@H]3CC[C@H](NC(=O)Nc4cc(C(C)(C)C)nn4-c4ccc(CN5CCCCC5)cc4)c4ccccc43)cn12. The number of fused-ring (bicyclic) bond motifs is 2. The molecule has 11 nitrogen and oxygen atoms in total. The van der Waals surface area contributed by atoms with Crippen molar-refractivity contribution in [1.82, 2.24) is 34.6 Å². The van der Waals surface area contributed by atoms with Crippen LogP contribution in [0.15, 0.2) is 72.9 Å². The van der Waals surface area contributed by atoms with Gasteiger partial charge in [-0.25, -0.2) is 9.48 Å². The van der Waals surface area contributed by atoms with Crippen LogP contribution in [0.25, 0.3) is 11.3 Å². The zero-order chi connectivity index (χ0) is 36.5. The number of urea groups is 1. The van der Waals surface area contributed by atoms with E-state index in [9.17, 15) is 4.79 Å². The van der Waals surface area contributed by atoms with Gasteiger partial charge >= 0.3 is 6.03 Å². The first-order valence-corrected chi connectivity index (χ1v) is 19.6. The molecule has 3 aromatic heterocycles. The van der Waals surface area contributed by atoms with E-state index < -0.39 is 0 Å². The molecule has 278 valence electrons. The Morgan fingerprint density at radius 3 is 2.42 bits per heavy atom. The van der Waals surface area contributed by atoms with Crippen LogP contribution in [-0.4, -0.2) is 61.0 Å². The van der Waals surface area contributed by atoms with E-state index in [-0.39, 0.29) is 23.6 Å². The molecule has 1 aliphatic carbocycles. The minimum Gasteiger partial charge on any atom is -0.484 e. The second-order valence-corrected chi connectivity index (χ2v) is 16.2. The third kappa shape index (κ3) is 7.62. The largest absolute Gasteiger partial charge is 0.484 e. The zero-order valence-corrected chi connectivity index (χ0v) is 31.6. The molecule has 8 rings (SSSR count). The number of nitrogens with zero attached hydrogens (tertiary/aromatic N) is 7. The van der Waals surface area contributed by atoms with Crippen LogP contribution in [0.4, 0.5) is 16.6 Å². The maximum Gasteiger partial charge on any atom is 0.320 e. The van der Waals surface area contributed by atoms with E-state index in [1.54, 1.807) is 0 Å². The van der Waals surface area contributed by atoms with Gasteiger partial charge in [0.2, 0.25) is 5.95 Å². The number of ether oxygens (including phenoxy) is 1. The number of hydrogen-bond acceptors (Lipinski definition) is 7. The summed E-state index contributed by atoms with van der Waals surface area (Å²) in [6.45, 7) is 13.0. The summed E-state index contributed by atoms with van der Waals surface area (Å²) >= 11 is 0. The Morgan fingerprint density at radius 1 is 0.868 bits per heavy atom. The highest BCUT2D eigenvalue weighted by Gasteiger charge is 2.31. The van der Waals surface area contributed by atoms with Crippen molar-refractivity contribution in [3.63, 3.8) is 0 Å². The molecule has 2 aromatic carbocycles. The van der Waals surface area contributed by atoms with Crippen molar-refractivity contribution in [2.24, 2.45) is 0 Å². The van der Waals surface area contributed by atoms with Gasteiger partial charge in [-0.2, -0.15) is 5.10 Å². The lowest BCUT2D eigenvalue weighted by molar-refractivity contribution is 0.171. The number of carbonyl (C=O) groups excluding carboxylic acids is 1. The molecule has 3 atom stereocenters. The molecule has 5 aromatic rings. The van der Waals surface area contributed by atoms with Gasteiger partial charge < -0.3 is 15.0 Å². The highest BCUT2D eigenvalue weighted by atomic mass is 16.5. The highest BCUT2D eigenvalue weighted by Crippen LogP contribution is 2.39. The van der Waals surface area contributed by atoms with Crippen molar-refractivity contribution in [3.8, 4) is 11.4 Å². The van der Waals surface area contributed by atoms with Gasteiger partial charge in [-0.15, -0.1) is 10.2 Å². The lowest BCUT2D eigenvalue weighted by Gasteiger charge is -2.33. The fraction of sp³-hybridized carbons (Fsp3) is 0.476. The van der Waals surface area contributed by atoms with Crippen molar-refractivity contribution < 1.29 is 9.53 Å². The van der Waals surface area contributed by atoms with Crippen LogP contribution in [0.1, 0.15) is 114 Å². The van der Waals surface area contributed by atoms with Gasteiger partial charge in [0.15, 0.2) is 5.65 Å². The predicted octanol–water partition coefficient (Wildman–Crippen LogP) is 8.35. The molecule has 2 amide bonds. The van der Waals surface area contributed by atoms with E-state index in [0.29, 0.717) is 11.9 Å². The first kappa shape index (κ1) is 35.1. The van der Waals surface area contributed by atoms with Crippen molar-refractivity contribution in [1.29, 1.82) is 0 Å². The minimum atomic E-state index is -0.259. The van der Waals surface area contributed by atoms with Gasteiger partial charge in [0.05, 0.1) is 23.6 Å². The summed E-state index contributed by atoms with van der Waals surface area (Å²) in [5.74, 6) is 2.29. The van der Waals surface area contributed by atoms with E-state index in [1.807, 2.05) is 41.2 Å². The molecule has 2 saturated heterocycles. The van der Waals surface area contributed by atoms with Crippen molar-refractivity contribution in [2.75, 3.05) is 29.9 Å². The monoisotopic (exact) mass is 715 g/mol. The molecular weight excluding hydrogens is 663 g/mol. The average molecular weight is 716 g/mol. The molecule has 0 saturated carbocycles. The van der Waals surface area contributed by atoms with E-state index in [2.05, 4.69) is 99.1 Å². The number of carbonyl (C=O) groups is 1. The number of aromatic nitrogens is 5. The number of pyridine rings is 1. The number of anilines is 2. The van der Waals surface area contributed by atoms with Gasteiger partial charge in [0, 0.05) is 30.6 Å². The average Bonchev–Trinajstić information content (AvgIpc) is 3.78. The van der Waals surface area contributed by atoms with Crippen LogP contribution in [0.3, 0.4) is 0 Å². The Morgan fingerprint density at radius 2 is 1.64 bits per heavy atom. The minimum absolute atomic E-state index is 0.146. The molecule has 0 spiro atoms. The van der Waals surface area contributed by atoms with Crippen LogP contribution in [0.5, 0.6) is 5.75 Å². The maximum atomic E-state index is 13.7. The third-order valence-corrected chi connectivity index (χ3v) is 11.2. The van der Waals surface area contributed by atoms with Crippen LogP contribution in [0.2, 0.25) is 0 Å². The predicted molar refractivity (Wildman–Crippen MR) is 209 cm³/mol. The summed E-state index contributed by atoms with van der Waals surface area (Å²) in [6, 6.07) is 22.8. The second-order valence-electron chi connectivity index (χ2n) is 16.2. The number of benzene rings is 2. The Labute approximate surface area is 312 Å². The Balaban J connectivity index is 0.972. The fourth-order valence-electron chi connectivity index (χ4n) is 8.17. The second kappa shape index (κ2) is 14.9. The number of rotatable bonds is 8. The highest BCUT2D eigenvalue weighted by molar-refractivity contribution is 5.89. The summed E-state index contributed by atoms with van der Waals surface area (Å²) in [5.41, 5.74) is 5.91. The number of hydrogen-bond donors (Lipinski definition) is 2. The molecule has 0 bridgehead atoms. The molecule has 53 heavy (non-hydrogen) atoms. The summed E-state index contributed by atoms with van der Waals surface area (Å²) in [4.78, 5) is 18.6. The van der Waals surface area contributed by atoms with E-state index in [4.69, 9.17) is 9.84 Å². The van der Waals surface area contributed by atoms with Crippen molar-refractivity contribution >= 4 is 23.4 Å². The zero-order valence-electron chi connectivity index (χ0n) is 31.6. The molecule has 2 aliphatic heterocycles. The molecule has 5 heterocycles. The number of amides is 2. The molecule has 2 N–H and O–H groups in total. The van der Waals surface area contributed by atoms with Gasteiger partial charge in [0.25, 0.3) is 0 Å². The van der Waals surface area contributed by atoms with Crippen molar-refractivity contribution in [3.05, 3.63) is 95.3 Å². The van der Waals surface area contributed by atoms with Crippen LogP contribution < -0.4 is 20.3 Å². The van der Waals surface area contributed by atoms with Crippen molar-refractivity contribution in [2.45, 2.75) is 109 Å². The summed E-state index contributed by atoms with van der Waals surface area (Å²) in [6.07, 6.45) is 10.8. The van der Waals surface area contributed by atoms with E-state index >= 15 is 0 Å². The Hall–Kier alpha value is -4.90. The van der Waals surface area contributed by atoms with E-state index in [0.717, 1.165) is 91.7 Å². The molecule has 3 aliphatic rings. The summed E-state index contributed by atoms with van der Waals surface area (Å²) in [5, 5.41) is 20.4. The smallest absolute Gasteiger partial charge is 0.320 e. The first-order chi connectivity index (χ1) is 25.7. The number of likely N-dealkylation sites (tertiary alicyclic amines) is 1. The molecule has 0 unspecified atom stereocenters. The number of nitrogens with one attached hydrogen (secondary N) is 2. The lowest BCUT2D eigenvalue weighted by atomic mass is 9.85. The van der Waals surface area contributed by atoms with Crippen LogP contribution in [-0.2, 0) is 12.0 Å². The van der Waals surface area contributed by atoms with Crippen LogP contribution in [0, 0.1) is 0 Å². The maximum absolute atomic E-state index is 13.7. The van der Waals surface area contributed by atoms with Gasteiger partial charge in [-0.1, -0.05) is 63.6 Å². The Kier molecular flexibility index (Phi) is 9.85. The summed E-state index contributed by atoms with van der Waals surface area (Å²) in [7, 11) is 0. The quantitative estimate of drug-likeness (QED) is 0.166.